The molecule has 0 atom stereocenters. The van der Waals surface area contributed by atoms with Gasteiger partial charge >= 0.3 is 5.97 Å². The van der Waals surface area contributed by atoms with Crippen molar-refractivity contribution in [2.45, 2.75) is 6.92 Å². The smallest absolute Gasteiger partial charge is 0.330 e. The highest BCUT2D eigenvalue weighted by molar-refractivity contribution is 5.88. The zero-order valence-corrected chi connectivity index (χ0v) is 10.0. The fraction of sp³-hybridized carbons (Fsp3) is 0.308. The average Bonchev–Trinajstić information content (AvgIpc) is 2.38. The van der Waals surface area contributed by atoms with E-state index >= 15 is 0 Å². The predicted molar refractivity (Wildman–Crippen MR) is 64.8 cm³/mol. The molecule has 1 heterocycles. The van der Waals surface area contributed by atoms with Crippen molar-refractivity contribution in [1.29, 1.82) is 0 Å². The van der Waals surface area contributed by atoms with Crippen molar-refractivity contribution in [2.75, 3.05) is 19.8 Å². The van der Waals surface area contributed by atoms with Gasteiger partial charge in [0.25, 0.3) is 0 Å². The molecule has 0 aliphatic carbocycles. The van der Waals surface area contributed by atoms with Gasteiger partial charge in [0.15, 0.2) is 11.5 Å². The summed E-state index contributed by atoms with van der Waals surface area (Å²) in [4.78, 5) is 11.2. The largest absolute Gasteiger partial charge is 0.507 e. The molecule has 0 saturated heterocycles. The van der Waals surface area contributed by atoms with Crippen LogP contribution in [0.2, 0.25) is 0 Å². The number of rotatable bonds is 3. The number of aromatic hydroxyl groups is 1. The molecule has 0 bridgehead atoms. The molecule has 18 heavy (non-hydrogen) atoms. The van der Waals surface area contributed by atoms with Gasteiger partial charge in [0.1, 0.15) is 19.0 Å². The Labute approximate surface area is 105 Å². The Morgan fingerprint density at radius 2 is 2.22 bits per heavy atom. The summed E-state index contributed by atoms with van der Waals surface area (Å²) in [6.07, 6.45) is 2.71. The van der Waals surface area contributed by atoms with E-state index in [4.69, 9.17) is 14.2 Å². The SMILES string of the molecule is CCOC(=O)/C=C/c1c(O)ccc2c1OCCO2. The number of carbonyl (C=O) groups excluding carboxylic acids is 1. The zero-order chi connectivity index (χ0) is 13.0. The molecule has 96 valence electrons. The van der Waals surface area contributed by atoms with Gasteiger partial charge in [-0.2, -0.15) is 0 Å². The summed E-state index contributed by atoms with van der Waals surface area (Å²) >= 11 is 0. The lowest BCUT2D eigenvalue weighted by molar-refractivity contribution is -0.137. The quantitative estimate of drug-likeness (QED) is 0.654. The van der Waals surface area contributed by atoms with Crippen molar-refractivity contribution in [3.63, 3.8) is 0 Å². The maximum Gasteiger partial charge on any atom is 0.330 e. The van der Waals surface area contributed by atoms with Crippen LogP contribution in [0, 0.1) is 0 Å². The van der Waals surface area contributed by atoms with Crippen molar-refractivity contribution in [1.82, 2.24) is 0 Å². The second-order valence-corrected chi connectivity index (χ2v) is 3.61. The van der Waals surface area contributed by atoms with E-state index in [-0.39, 0.29) is 5.75 Å². The number of hydrogen-bond donors (Lipinski definition) is 1. The maximum atomic E-state index is 11.2. The molecule has 0 saturated carbocycles. The van der Waals surface area contributed by atoms with Crippen LogP contribution in [0.15, 0.2) is 18.2 Å². The minimum atomic E-state index is -0.466. The van der Waals surface area contributed by atoms with Crippen LogP contribution in [0.1, 0.15) is 12.5 Å². The first-order valence-electron chi connectivity index (χ1n) is 5.68. The summed E-state index contributed by atoms with van der Waals surface area (Å²) in [5, 5.41) is 9.77. The number of carbonyl (C=O) groups is 1. The fourth-order valence-corrected chi connectivity index (χ4v) is 1.63. The van der Waals surface area contributed by atoms with E-state index in [1.54, 1.807) is 13.0 Å². The molecule has 1 aromatic rings. The van der Waals surface area contributed by atoms with Crippen molar-refractivity contribution < 1.29 is 24.1 Å². The summed E-state index contributed by atoms with van der Waals surface area (Å²) < 4.78 is 15.6. The topological polar surface area (TPSA) is 65.0 Å². The van der Waals surface area contributed by atoms with Crippen molar-refractivity contribution in [3.05, 3.63) is 23.8 Å². The van der Waals surface area contributed by atoms with Crippen LogP contribution in [0.5, 0.6) is 17.2 Å². The number of benzene rings is 1. The summed E-state index contributed by atoms with van der Waals surface area (Å²) in [5.74, 6) is 0.565. The standard InChI is InChI=1S/C13H14O5/c1-2-16-12(15)6-3-9-10(14)4-5-11-13(9)18-8-7-17-11/h3-6,14H,2,7-8H2,1H3/b6-3+. The van der Waals surface area contributed by atoms with Gasteiger partial charge in [0, 0.05) is 6.08 Å². The number of esters is 1. The van der Waals surface area contributed by atoms with Gasteiger partial charge in [-0.25, -0.2) is 4.79 Å². The number of phenols is 1. The number of phenolic OH excluding ortho intramolecular Hbond substituents is 1. The summed E-state index contributed by atoms with van der Waals surface area (Å²) in [7, 11) is 0. The van der Waals surface area contributed by atoms with Crippen LogP contribution in [0.3, 0.4) is 0 Å². The first kappa shape index (κ1) is 12.3. The Morgan fingerprint density at radius 1 is 1.44 bits per heavy atom. The third-order valence-electron chi connectivity index (χ3n) is 2.40. The molecule has 0 unspecified atom stereocenters. The second-order valence-electron chi connectivity index (χ2n) is 3.61. The minimum absolute atomic E-state index is 0.0276. The van der Waals surface area contributed by atoms with Crippen LogP contribution in [-0.4, -0.2) is 30.9 Å². The number of ether oxygens (including phenoxy) is 3. The Hall–Kier alpha value is -2.17. The van der Waals surface area contributed by atoms with Crippen LogP contribution in [0.25, 0.3) is 6.08 Å². The maximum absolute atomic E-state index is 11.2. The minimum Gasteiger partial charge on any atom is -0.507 e. The molecule has 0 spiro atoms. The van der Waals surface area contributed by atoms with E-state index in [0.29, 0.717) is 36.9 Å². The van der Waals surface area contributed by atoms with E-state index in [1.807, 2.05) is 0 Å². The fourth-order valence-electron chi connectivity index (χ4n) is 1.63. The van der Waals surface area contributed by atoms with Gasteiger partial charge in [-0.1, -0.05) is 0 Å². The van der Waals surface area contributed by atoms with Gasteiger partial charge in [0.05, 0.1) is 12.2 Å². The monoisotopic (exact) mass is 250 g/mol. The lowest BCUT2D eigenvalue weighted by Crippen LogP contribution is -2.16. The highest BCUT2D eigenvalue weighted by Gasteiger charge is 2.17. The molecule has 0 aromatic heterocycles. The Balaban J connectivity index is 2.29. The van der Waals surface area contributed by atoms with E-state index in [2.05, 4.69) is 0 Å². The molecular formula is C13H14O5. The highest BCUT2D eigenvalue weighted by Crippen LogP contribution is 2.39. The summed E-state index contributed by atoms with van der Waals surface area (Å²) in [6.45, 7) is 2.92. The average molecular weight is 250 g/mol. The Kier molecular flexibility index (Phi) is 3.72. The van der Waals surface area contributed by atoms with Crippen LogP contribution in [0.4, 0.5) is 0 Å². The molecule has 2 rings (SSSR count). The Bertz CT molecular complexity index is 479. The van der Waals surface area contributed by atoms with E-state index in [1.165, 1.54) is 18.2 Å². The molecule has 1 aliphatic heterocycles. The molecule has 1 aromatic carbocycles. The molecule has 5 heteroatoms. The predicted octanol–water partition coefficient (Wildman–Crippen LogP) is 1.74. The lowest BCUT2D eigenvalue weighted by Gasteiger charge is -2.20. The molecule has 1 aliphatic rings. The third kappa shape index (κ3) is 2.56. The van der Waals surface area contributed by atoms with Crippen molar-refractivity contribution in [3.8, 4) is 17.2 Å². The second kappa shape index (κ2) is 5.44. The van der Waals surface area contributed by atoms with Gasteiger partial charge in [-0.15, -0.1) is 0 Å². The summed E-state index contributed by atoms with van der Waals surface area (Å²) in [5.41, 5.74) is 0.417. The molecule has 0 radical (unpaired) electrons. The summed E-state index contributed by atoms with van der Waals surface area (Å²) in [6, 6.07) is 3.13. The number of hydrogen-bond acceptors (Lipinski definition) is 5. The molecular weight excluding hydrogens is 236 g/mol. The van der Waals surface area contributed by atoms with Crippen molar-refractivity contribution >= 4 is 12.0 Å². The Morgan fingerprint density at radius 3 is 3.00 bits per heavy atom. The van der Waals surface area contributed by atoms with Gasteiger partial charge in [-0.3, -0.25) is 0 Å². The highest BCUT2D eigenvalue weighted by atomic mass is 16.6. The van der Waals surface area contributed by atoms with Crippen molar-refractivity contribution in [2.24, 2.45) is 0 Å². The van der Waals surface area contributed by atoms with E-state index in [0.717, 1.165) is 0 Å². The lowest BCUT2D eigenvalue weighted by atomic mass is 10.1. The first-order chi connectivity index (χ1) is 8.72. The molecule has 0 amide bonds. The molecule has 1 N–H and O–H groups in total. The third-order valence-corrected chi connectivity index (χ3v) is 2.40. The molecule has 5 nitrogen and oxygen atoms in total. The van der Waals surface area contributed by atoms with E-state index in [9.17, 15) is 9.90 Å². The van der Waals surface area contributed by atoms with E-state index < -0.39 is 5.97 Å². The van der Waals surface area contributed by atoms with Crippen LogP contribution >= 0.6 is 0 Å². The van der Waals surface area contributed by atoms with Crippen LogP contribution < -0.4 is 9.47 Å². The van der Waals surface area contributed by atoms with Crippen LogP contribution in [-0.2, 0) is 9.53 Å². The van der Waals surface area contributed by atoms with Gasteiger partial charge in [0.2, 0.25) is 0 Å². The van der Waals surface area contributed by atoms with Gasteiger partial charge in [-0.05, 0) is 25.1 Å². The number of fused-ring (bicyclic) bond motifs is 1. The normalized spacial score (nSPS) is 13.6. The first-order valence-corrected chi connectivity index (χ1v) is 5.68. The zero-order valence-electron chi connectivity index (χ0n) is 10.0. The van der Waals surface area contributed by atoms with Gasteiger partial charge < -0.3 is 19.3 Å². The molecule has 0 fully saturated rings.